The van der Waals surface area contributed by atoms with Crippen LogP contribution in [0.1, 0.15) is 12.5 Å². The summed E-state index contributed by atoms with van der Waals surface area (Å²) in [6.07, 6.45) is 0.126. The van der Waals surface area contributed by atoms with Crippen LogP contribution in [0.3, 0.4) is 0 Å². The molecule has 0 radical (unpaired) electrons. The van der Waals surface area contributed by atoms with Crippen LogP contribution in [0.4, 0.5) is 10.8 Å². The molecule has 140 valence electrons. The van der Waals surface area contributed by atoms with E-state index in [-0.39, 0.29) is 6.54 Å². The van der Waals surface area contributed by atoms with Crippen molar-refractivity contribution in [3.63, 3.8) is 0 Å². The van der Waals surface area contributed by atoms with E-state index in [4.69, 9.17) is 4.74 Å². The smallest absolute Gasteiger partial charge is 0.269 e. The molecule has 1 atom stereocenters. The minimum Gasteiger partial charge on any atom is -0.476 e. The Hall–Kier alpha value is -1.85. The summed E-state index contributed by atoms with van der Waals surface area (Å²) in [5.41, 5.74) is 1.34. The minimum atomic E-state index is -3.55. The van der Waals surface area contributed by atoms with Crippen molar-refractivity contribution in [2.45, 2.75) is 24.3 Å². The van der Waals surface area contributed by atoms with Crippen LogP contribution in [-0.2, 0) is 14.8 Å². The molecule has 2 aromatic rings. The number of sulfonamides is 1. The minimum absolute atomic E-state index is 0.101. The van der Waals surface area contributed by atoms with E-state index in [9.17, 15) is 13.2 Å². The highest BCUT2D eigenvalue weighted by Gasteiger charge is 2.35. The largest absolute Gasteiger partial charge is 0.476 e. The van der Waals surface area contributed by atoms with Crippen LogP contribution in [0.15, 0.2) is 22.5 Å². The normalized spacial score (nSPS) is 16.7. The topological polar surface area (TPSA) is 101 Å². The van der Waals surface area contributed by atoms with Crippen LogP contribution in [0.25, 0.3) is 0 Å². The number of nitrogens with one attached hydrogen (secondary N) is 1. The molecule has 0 bridgehead atoms. The number of carbonyl (C=O) groups is 1. The Labute approximate surface area is 160 Å². The number of benzene rings is 1. The Bertz CT molecular complexity index is 929. The molecule has 1 aromatic heterocycles. The number of aromatic nitrogens is 2. The van der Waals surface area contributed by atoms with Gasteiger partial charge in [-0.3, -0.25) is 14.4 Å². The number of rotatable bonds is 5. The lowest BCUT2D eigenvalue weighted by Gasteiger charge is -2.33. The van der Waals surface area contributed by atoms with Gasteiger partial charge in [0, 0.05) is 0 Å². The van der Waals surface area contributed by atoms with Crippen LogP contribution in [-0.4, -0.2) is 49.2 Å². The van der Waals surface area contributed by atoms with Crippen LogP contribution in [0.2, 0.25) is 0 Å². The molecule has 0 fully saturated rings. The molecule has 1 aliphatic heterocycles. The molecule has 2 heterocycles. The Balaban J connectivity index is 1.82. The number of anilines is 2. The van der Waals surface area contributed by atoms with E-state index >= 15 is 0 Å². The van der Waals surface area contributed by atoms with Crippen molar-refractivity contribution in [2.75, 3.05) is 28.2 Å². The van der Waals surface area contributed by atoms with Crippen molar-refractivity contribution in [1.29, 1.82) is 0 Å². The second kappa shape index (κ2) is 7.41. The second-order valence-electron chi connectivity index (χ2n) is 5.67. The molecule has 0 aliphatic carbocycles. The van der Waals surface area contributed by atoms with Crippen molar-refractivity contribution in [2.24, 2.45) is 0 Å². The molecular formula is C15H18N4O4S3. The summed E-state index contributed by atoms with van der Waals surface area (Å²) in [7, 11) is -3.55. The van der Waals surface area contributed by atoms with E-state index in [1.165, 1.54) is 27.4 Å². The van der Waals surface area contributed by atoms with E-state index in [0.717, 1.165) is 21.9 Å². The lowest BCUT2D eigenvalue weighted by atomic mass is 10.1. The van der Waals surface area contributed by atoms with Crippen molar-refractivity contribution >= 4 is 49.8 Å². The molecular weight excluding hydrogens is 396 g/mol. The van der Waals surface area contributed by atoms with Gasteiger partial charge in [0.1, 0.15) is 5.75 Å². The van der Waals surface area contributed by atoms with E-state index < -0.39 is 22.0 Å². The first-order chi connectivity index (χ1) is 12.3. The maximum Gasteiger partial charge on any atom is 0.269 e. The molecule has 1 aliphatic rings. The quantitative estimate of drug-likeness (QED) is 0.591. The Morgan fingerprint density at radius 2 is 2.23 bits per heavy atom. The number of amides is 1. The first-order valence-corrected chi connectivity index (χ1v) is 11.4. The van der Waals surface area contributed by atoms with Gasteiger partial charge in [-0.15, -0.1) is 10.2 Å². The SMILES string of the molecule is CCSc1nnc(NC(=O)[C@@H]2CN(S(C)(=O)=O)c3ccc(C)cc3O2)s1. The Morgan fingerprint density at radius 1 is 1.46 bits per heavy atom. The third-order valence-corrected chi connectivity index (χ3v) is 6.58. The number of carbonyl (C=O) groups excluding carboxylic acids is 1. The number of nitrogens with zero attached hydrogens (tertiary/aromatic N) is 3. The van der Waals surface area contributed by atoms with Gasteiger partial charge in [0.15, 0.2) is 10.4 Å². The lowest BCUT2D eigenvalue weighted by Crippen LogP contribution is -2.48. The Morgan fingerprint density at radius 3 is 2.92 bits per heavy atom. The average Bonchev–Trinajstić information content (AvgIpc) is 3.00. The van der Waals surface area contributed by atoms with Crippen molar-refractivity contribution < 1.29 is 17.9 Å². The second-order valence-corrected chi connectivity index (χ2v) is 10.1. The predicted molar refractivity (Wildman–Crippen MR) is 103 cm³/mol. The molecule has 1 amide bonds. The fourth-order valence-electron chi connectivity index (χ4n) is 2.44. The third-order valence-electron chi connectivity index (χ3n) is 3.58. The van der Waals surface area contributed by atoms with Gasteiger partial charge in [0.25, 0.3) is 5.91 Å². The zero-order valence-electron chi connectivity index (χ0n) is 14.4. The van der Waals surface area contributed by atoms with E-state index in [1.54, 1.807) is 18.2 Å². The first kappa shape index (κ1) is 18.9. The molecule has 0 unspecified atom stereocenters. The number of hydrogen-bond acceptors (Lipinski definition) is 8. The molecule has 26 heavy (non-hydrogen) atoms. The van der Waals surface area contributed by atoms with Crippen molar-refractivity contribution in [3.05, 3.63) is 23.8 Å². The molecule has 8 nitrogen and oxygen atoms in total. The van der Waals surface area contributed by atoms with Gasteiger partial charge in [-0.05, 0) is 30.4 Å². The molecule has 11 heteroatoms. The predicted octanol–water partition coefficient (Wildman–Crippen LogP) is 2.12. The lowest BCUT2D eigenvalue weighted by molar-refractivity contribution is -0.122. The molecule has 1 N–H and O–H groups in total. The van der Waals surface area contributed by atoms with Crippen molar-refractivity contribution in [1.82, 2.24) is 10.2 Å². The van der Waals surface area contributed by atoms with Gasteiger partial charge < -0.3 is 4.74 Å². The summed E-state index contributed by atoms with van der Waals surface area (Å²) in [6.45, 7) is 3.77. The molecule has 1 aromatic carbocycles. The van der Waals surface area contributed by atoms with E-state index in [1.807, 2.05) is 13.8 Å². The zero-order valence-corrected chi connectivity index (χ0v) is 16.9. The number of aryl methyl sites for hydroxylation is 1. The van der Waals surface area contributed by atoms with Crippen LogP contribution in [0.5, 0.6) is 5.75 Å². The Kier molecular flexibility index (Phi) is 5.39. The summed E-state index contributed by atoms with van der Waals surface area (Å²) >= 11 is 2.80. The molecule has 0 saturated carbocycles. The van der Waals surface area contributed by atoms with Gasteiger partial charge >= 0.3 is 0 Å². The summed E-state index contributed by atoms with van der Waals surface area (Å²) in [5, 5.41) is 10.9. The summed E-state index contributed by atoms with van der Waals surface area (Å²) < 4.78 is 32.0. The standard InChI is InChI=1S/C15H18N4O4S3/c1-4-24-15-18-17-14(25-15)16-13(20)12-8-19(26(3,21)22)10-6-5-9(2)7-11(10)23-12/h5-7,12H,4,8H2,1-3H3,(H,16,17,20)/t12-/m0/s1. The number of hydrogen-bond donors (Lipinski definition) is 1. The fraction of sp³-hybridized carbons (Fsp3) is 0.400. The first-order valence-electron chi connectivity index (χ1n) is 7.80. The van der Waals surface area contributed by atoms with E-state index in [2.05, 4.69) is 15.5 Å². The highest BCUT2D eigenvalue weighted by molar-refractivity contribution is 8.01. The van der Waals surface area contributed by atoms with Crippen molar-refractivity contribution in [3.8, 4) is 5.75 Å². The van der Waals surface area contributed by atoms with Gasteiger partial charge in [-0.25, -0.2) is 8.42 Å². The highest BCUT2D eigenvalue weighted by Crippen LogP contribution is 2.36. The van der Waals surface area contributed by atoms with Gasteiger partial charge in [-0.1, -0.05) is 36.1 Å². The average molecular weight is 415 g/mol. The maximum absolute atomic E-state index is 12.6. The molecule has 0 spiro atoms. The van der Waals surface area contributed by atoms with Gasteiger partial charge in [0.2, 0.25) is 15.2 Å². The summed E-state index contributed by atoms with van der Waals surface area (Å²) in [4.78, 5) is 12.6. The monoisotopic (exact) mass is 414 g/mol. The van der Waals surface area contributed by atoms with E-state index in [0.29, 0.717) is 16.6 Å². The van der Waals surface area contributed by atoms with Crippen LogP contribution >= 0.6 is 23.1 Å². The highest BCUT2D eigenvalue weighted by atomic mass is 32.2. The summed E-state index contributed by atoms with van der Waals surface area (Å²) in [6, 6.07) is 5.20. The number of fused-ring (bicyclic) bond motifs is 1. The third kappa shape index (κ3) is 4.10. The molecule has 3 rings (SSSR count). The number of ether oxygens (including phenoxy) is 1. The fourth-order valence-corrected chi connectivity index (χ4v) is 5.01. The van der Waals surface area contributed by atoms with Crippen LogP contribution in [0, 0.1) is 6.92 Å². The zero-order chi connectivity index (χ0) is 18.9. The van der Waals surface area contributed by atoms with Gasteiger partial charge in [-0.2, -0.15) is 0 Å². The number of thioether (sulfide) groups is 1. The molecule has 0 saturated heterocycles. The maximum atomic E-state index is 12.6. The van der Waals surface area contributed by atoms with Crippen LogP contribution < -0.4 is 14.4 Å². The van der Waals surface area contributed by atoms with Gasteiger partial charge in [0.05, 0.1) is 18.5 Å². The summed E-state index contributed by atoms with van der Waals surface area (Å²) in [5.74, 6) is 0.754.